The lowest BCUT2D eigenvalue weighted by atomic mass is 10.1. The highest BCUT2D eigenvalue weighted by atomic mass is 35.5. The molecule has 32 heavy (non-hydrogen) atoms. The van der Waals surface area contributed by atoms with E-state index in [2.05, 4.69) is 10.1 Å². The average Bonchev–Trinajstić information content (AvgIpc) is 3.36. The minimum absolute atomic E-state index is 0.174. The van der Waals surface area contributed by atoms with Crippen molar-refractivity contribution in [3.63, 3.8) is 0 Å². The number of phenols is 1. The van der Waals surface area contributed by atoms with E-state index in [4.69, 9.17) is 11.6 Å². The molecule has 5 rings (SSSR count). The average molecular weight is 478 g/mol. The molecule has 158 valence electrons. The number of carbonyl (C=O) groups excluding carboxylic acids is 1. The fraction of sp³-hybridized carbons (Fsp3) is 0.0417. The first-order valence-electron chi connectivity index (χ1n) is 9.74. The Labute approximate surface area is 197 Å². The number of aromatic hydroxyl groups is 1. The number of fused-ring (bicyclic) bond motifs is 1. The van der Waals surface area contributed by atoms with E-state index in [-0.39, 0.29) is 11.7 Å². The molecule has 0 atom stereocenters. The topological polar surface area (TPSA) is 65.8 Å². The van der Waals surface area contributed by atoms with Gasteiger partial charge >= 0.3 is 0 Å². The lowest BCUT2D eigenvalue weighted by Crippen LogP contribution is -2.21. The summed E-state index contributed by atoms with van der Waals surface area (Å²) in [4.78, 5) is 19.0. The Morgan fingerprint density at radius 3 is 2.53 bits per heavy atom. The summed E-state index contributed by atoms with van der Waals surface area (Å²) in [5.74, 6) is 0.468. The van der Waals surface area contributed by atoms with E-state index in [1.807, 2.05) is 48.5 Å². The number of nitrogens with zero attached hydrogens (tertiary/aromatic N) is 3. The number of benzene rings is 3. The first-order valence-corrected chi connectivity index (χ1v) is 11.9. The highest BCUT2D eigenvalue weighted by Gasteiger charge is 2.33. The number of hydrogen-bond donors (Lipinski definition) is 1. The van der Waals surface area contributed by atoms with Crippen molar-refractivity contribution >= 4 is 67.7 Å². The van der Waals surface area contributed by atoms with Crippen molar-refractivity contribution in [1.29, 1.82) is 0 Å². The van der Waals surface area contributed by atoms with Gasteiger partial charge in [-0.25, -0.2) is 4.98 Å². The first-order chi connectivity index (χ1) is 15.6. The van der Waals surface area contributed by atoms with Gasteiger partial charge in [0.25, 0.3) is 5.91 Å². The van der Waals surface area contributed by atoms with Gasteiger partial charge in [-0.3, -0.25) is 4.79 Å². The van der Waals surface area contributed by atoms with Crippen LogP contribution in [-0.4, -0.2) is 27.5 Å². The molecule has 8 heteroatoms. The summed E-state index contributed by atoms with van der Waals surface area (Å²) in [7, 11) is 0. The normalized spacial score (nSPS) is 15.0. The van der Waals surface area contributed by atoms with Crippen LogP contribution in [0, 0.1) is 0 Å². The summed E-state index contributed by atoms with van der Waals surface area (Å²) < 4.78 is 0.999. The quantitative estimate of drug-likeness (QED) is 0.273. The largest absolute Gasteiger partial charge is 0.508 e. The molecule has 3 aromatic carbocycles. The van der Waals surface area contributed by atoms with Gasteiger partial charge in [0.1, 0.15) is 5.75 Å². The SMILES string of the molecule is O=C1/C(=C/c2ccc(O)cc2)C(CSc2ccc(Cl)cc2)=NN1c1nc2ccccc2s1. The molecule has 5 nitrogen and oxygen atoms in total. The van der Waals surface area contributed by atoms with Crippen LogP contribution in [0.25, 0.3) is 16.3 Å². The number of hydrazone groups is 1. The molecule has 1 aromatic heterocycles. The summed E-state index contributed by atoms with van der Waals surface area (Å²) >= 11 is 9.00. The van der Waals surface area contributed by atoms with Crippen LogP contribution in [-0.2, 0) is 4.79 Å². The van der Waals surface area contributed by atoms with E-state index in [0.29, 0.717) is 27.2 Å². The standard InChI is InChI=1S/C24H16ClN3O2S2/c25-16-7-11-18(12-8-16)31-14-21-19(13-15-5-9-17(29)10-6-15)23(30)28(27-21)24-26-20-3-1-2-4-22(20)32-24/h1-13,29H,14H2/b19-13+. The maximum atomic E-state index is 13.4. The van der Waals surface area contributed by atoms with E-state index >= 15 is 0 Å². The highest BCUT2D eigenvalue weighted by molar-refractivity contribution is 8.00. The molecule has 4 aromatic rings. The zero-order valence-electron chi connectivity index (χ0n) is 16.6. The molecule has 1 aliphatic rings. The number of anilines is 1. The van der Waals surface area contributed by atoms with Crippen molar-refractivity contribution < 1.29 is 9.90 Å². The van der Waals surface area contributed by atoms with Crippen molar-refractivity contribution in [2.45, 2.75) is 4.90 Å². The van der Waals surface area contributed by atoms with Gasteiger partial charge in [-0.15, -0.1) is 11.8 Å². The maximum absolute atomic E-state index is 13.4. The van der Waals surface area contributed by atoms with Crippen LogP contribution in [0.3, 0.4) is 0 Å². The third-order valence-electron chi connectivity index (χ3n) is 4.81. The Bertz CT molecular complexity index is 1330. The van der Waals surface area contributed by atoms with Gasteiger partial charge in [0.15, 0.2) is 0 Å². The number of thiazole rings is 1. The molecule has 1 aliphatic heterocycles. The predicted molar refractivity (Wildman–Crippen MR) is 133 cm³/mol. The molecule has 1 amide bonds. The second-order valence-corrected chi connectivity index (χ2v) is 9.51. The Balaban J connectivity index is 1.49. The Morgan fingerprint density at radius 1 is 1.03 bits per heavy atom. The van der Waals surface area contributed by atoms with Crippen molar-refractivity contribution in [3.05, 3.63) is 89.0 Å². The number of aromatic nitrogens is 1. The third kappa shape index (κ3) is 4.27. The smallest absolute Gasteiger partial charge is 0.282 e. The van der Waals surface area contributed by atoms with Gasteiger partial charge < -0.3 is 5.11 Å². The molecular weight excluding hydrogens is 462 g/mol. The summed E-state index contributed by atoms with van der Waals surface area (Å²) in [5, 5.41) is 16.8. The van der Waals surface area contributed by atoms with Crippen molar-refractivity contribution in [3.8, 4) is 5.75 Å². The minimum Gasteiger partial charge on any atom is -0.508 e. The molecule has 0 saturated carbocycles. The second kappa shape index (κ2) is 8.78. The van der Waals surface area contributed by atoms with Gasteiger partial charge in [-0.2, -0.15) is 10.1 Å². The zero-order chi connectivity index (χ0) is 22.1. The number of rotatable bonds is 5. The van der Waals surface area contributed by atoms with Crippen LogP contribution in [0.4, 0.5) is 5.13 Å². The summed E-state index contributed by atoms with van der Waals surface area (Å²) in [6.45, 7) is 0. The summed E-state index contributed by atoms with van der Waals surface area (Å²) in [6.07, 6.45) is 1.80. The number of halogens is 1. The lowest BCUT2D eigenvalue weighted by molar-refractivity contribution is -0.114. The van der Waals surface area contributed by atoms with E-state index in [0.717, 1.165) is 20.7 Å². The van der Waals surface area contributed by atoms with Crippen LogP contribution >= 0.6 is 34.7 Å². The molecular formula is C24H16ClN3O2S2. The fourth-order valence-corrected chi connectivity index (χ4v) is 5.10. The highest BCUT2D eigenvalue weighted by Crippen LogP contribution is 2.34. The van der Waals surface area contributed by atoms with E-state index < -0.39 is 0 Å². The van der Waals surface area contributed by atoms with Gasteiger partial charge in [0.2, 0.25) is 5.13 Å². The first kappa shape index (κ1) is 20.8. The molecule has 0 saturated heterocycles. The molecule has 1 N–H and O–H groups in total. The fourth-order valence-electron chi connectivity index (χ4n) is 3.21. The second-order valence-electron chi connectivity index (χ2n) is 7.02. The molecule has 0 aliphatic carbocycles. The Morgan fingerprint density at radius 2 is 1.78 bits per heavy atom. The number of hydrogen-bond acceptors (Lipinski definition) is 6. The molecule has 2 heterocycles. The van der Waals surface area contributed by atoms with Crippen LogP contribution in [0.1, 0.15) is 5.56 Å². The Kier molecular flexibility index (Phi) is 5.70. The van der Waals surface area contributed by atoms with E-state index in [9.17, 15) is 9.90 Å². The molecule has 0 spiro atoms. The molecule has 0 unspecified atom stereocenters. The number of amides is 1. The minimum atomic E-state index is -0.219. The van der Waals surface area contributed by atoms with E-state index in [1.54, 1.807) is 42.1 Å². The van der Waals surface area contributed by atoms with Crippen LogP contribution in [0.15, 0.2) is 88.4 Å². The molecule has 0 radical (unpaired) electrons. The molecule has 0 bridgehead atoms. The van der Waals surface area contributed by atoms with Gasteiger partial charge in [0.05, 0.1) is 21.5 Å². The number of carbonyl (C=O) groups is 1. The number of para-hydroxylation sites is 1. The monoisotopic (exact) mass is 477 g/mol. The van der Waals surface area contributed by atoms with Crippen molar-refractivity contribution in [2.75, 3.05) is 10.8 Å². The van der Waals surface area contributed by atoms with Crippen molar-refractivity contribution in [1.82, 2.24) is 4.98 Å². The zero-order valence-corrected chi connectivity index (χ0v) is 19.0. The van der Waals surface area contributed by atoms with Crippen LogP contribution in [0.2, 0.25) is 5.02 Å². The summed E-state index contributed by atoms with van der Waals surface area (Å²) in [6, 6.07) is 22.0. The number of phenolic OH excluding ortho intramolecular Hbond substituents is 1. The van der Waals surface area contributed by atoms with Gasteiger partial charge in [0, 0.05) is 15.7 Å². The van der Waals surface area contributed by atoms with Crippen LogP contribution < -0.4 is 5.01 Å². The maximum Gasteiger partial charge on any atom is 0.282 e. The third-order valence-corrected chi connectivity index (χ3v) is 7.10. The Hall–Kier alpha value is -3.13. The van der Waals surface area contributed by atoms with Crippen molar-refractivity contribution in [2.24, 2.45) is 5.10 Å². The van der Waals surface area contributed by atoms with E-state index in [1.165, 1.54) is 16.3 Å². The number of thioether (sulfide) groups is 1. The van der Waals surface area contributed by atoms with Crippen LogP contribution in [0.5, 0.6) is 5.75 Å². The summed E-state index contributed by atoms with van der Waals surface area (Å²) in [5.41, 5.74) is 2.82. The lowest BCUT2D eigenvalue weighted by Gasteiger charge is -2.06. The molecule has 0 fully saturated rings. The van der Waals surface area contributed by atoms with Gasteiger partial charge in [-0.05, 0) is 60.2 Å². The predicted octanol–water partition coefficient (Wildman–Crippen LogP) is 6.23. The van der Waals surface area contributed by atoms with Gasteiger partial charge in [-0.1, -0.05) is 47.2 Å².